The largest absolute Gasteiger partial charge is 0.493 e. The summed E-state index contributed by atoms with van der Waals surface area (Å²) in [5.74, 6) is 0.671. The summed E-state index contributed by atoms with van der Waals surface area (Å²) in [7, 11) is 1.55. The van der Waals surface area contributed by atoms with Crippen molar-refractivity contribution in [2.45, 2.75) is 13.2 Å². The van der Waals surface area contributed by atoms with Crippen LogP contribution in [0.1, 0.15) is 11.1 Å². The Morgan fingerprint density at radius 3 is 2.55 bits per heavy atom. The summed E-state index contributed by atoms with van der Waals surface area (Å²) < 4.78 is 24.3. The summed E-state index contributed by atoms with van der Waals surface area (Å²) in [6.45, 7) is 0.466. The molecule has 0 amide bonds. The molecule has 5 heteroatoms. The molecule has 106 valence electrons. The van der Waals surface area contributed by atoms with Crippen molar-refractivity contribution >= 4 is 11.6 Å². The second-order valence-corrected chi connectivity index (χ2v) is 4.53. The molecule has 0 saturated heterocycles. The Morgan fingerprint density at radius 2 is 1.85 bits per heavy atom. The molecule has 2 N–H and O–H groups in total. The summed E-state index contributed by atoms with van der Waals surface area (Å²) in [6, 6.07) is 10.1. The van der Waals surface area contributed by atoms with Gasteiger partial charge in [-0.3, -0.25) is 0 Å². The first-order chi connectivity index (χ1) is 9.67. The summed E-state index contributed by atoms with van der Waals surface area (Å²) in [5, 5.41) is 0.0664. The lowest BCUT2D eigenvalue weighted by atomic mass is 10.2. The van der Waals surface area contributed by atoms with Gasteiger partial charge in [0.25, 0.3) is 0 Å². The third kappa shape index (κ3) is 3.03. The normalized spacial score (nSPS) is 10.4. The molecule has 0 fully saturated rings. The van der Waals surface area contributed by atoms with E-state index in [0.717, 1.165) is 5.56 Å². The molecule has 2 rings (SSSR count). The highest BCUT2D eigenvalue weighted by Crippen LogP contribution is 2.32. The van der Waals surface area contributed by atoms with Crippen molar-refractivity contribution in [2.24, 2.45) is 5.73 Å². The molecule has 0 aromatic heterocycles. The maximum Gasteiger partial charge on any atom is 0.166 e. The van der Waals surface area contributed by atoms with Gasteiger partial charge >= 0.3 is 0 Å². The number of methoxy groups -OCH3 is 1. The van der Waals surface area contributed by atoms with E-state index in [2.05, 4.69) is 0 Å². The third-order valence-electron chi connectivity index (χ3n) is 2.90. The van der Waals surface area contributed by atoms with Crippen LogP contribution in [0.5, 0.6) is 11.5 Å². The van der Waals surface area contributed by atoms with Crippen molar-refractivity contribution < 1.29 is 13.9 Å². The van der Waals surface area contributed by atoms with E-state index in [9.17, 15) is 4.39 Å². The van der Waals surface area contributed by atoms with Crippen LogP contribution in [-0.2, 0) is 13.2 Å². The van der Waals surface area contributed by atoms with Crippen LogP contribution in [-0.4, -0.2) is 7.11 Å². The highest BCUT2D eigenvalue weighted by Gasteiger charge is 2.12. The van der Waals surface area contributed by atoms with Gasteiger partial charge in [0.2, 0.25) is 0 Å². The minimum absolute atomic E-state index is 0.0664. The van der Waals surface area contributed by atoms with Crippen LogP contribution >= 0.6 is 11.6 Å². The first kappa shape index (κ1) is 14.6. The van der Waals surface area contributed by atoms with Crippen molar-refractivity contribution in [1.29, 1.82) is 0 Å². The van der Waals surface area contributed by atoms with Gasteiger partial charge in [-0.15, -0.1) is 0 Å². The van der Waals surface area contributed by atoms with Crippen molar-refractivity contribution in [3.63, 3.8) is 0 Å². The van der Waals surface area contributed by atoms with Gasteiger partial charge < -0.3 is 15.2 Å². The lowest BCUT2D eigenvalue weighted by Crippen LogP contribution is -2.05. The molecule has 0 aliphatic heterocycles. The Bertz CT molecular complexity index is 582. The van der Waals surface area contributed by atoms with E-state index in [-0.39, 0.29) is 11.6 Å². The quantitative estimate of drug-likeness (QED) is 0.918. The number of ether oxygens (including phenoxy) is 2. The molecule has 2 aromatic rings. The molecule has 0 spiro atoms. The van der Waals surface area contributed by atoms with E-state index in [1.165, 1.54) is 6.07 Å². The molecule has 3 nitrogen and oxygen atoms in total. The van der Waals surface area contributed by atoms with Crippen LogP contribution in [0.2, 0.25) is 5.02 Å². The number of hydrogen-bond acceptors (Lipinski definition) is 3. The van der Waals surface area contributed by atoms with Crippen LogP contribution in [0.3, 0.4) is 0 Å². The fourth-order valence-corrected chi connectivity index (χ4v) is 2.04. The van der Waals surface area contributed by atoms with Gasteiger partial charge in [0.05, 0.1) is 12.1 Å². The Balaban J connectivity index is 2.24. The minimum atomic E-state index is -0.466. The molecule has 0 aliphatic rings. The van der Waals surface area contributed by atoms with Gasteiger partial charge in [-0.2, -0.15) is 0 Å². The molecule has 20 heavy (non-hydrogen) atoms. The first-order valence-electron chi connectivity index (χ1n) is 6.09. The van der Waals surface area contributed by atoms with E-state index in [1.807, 2.05) is 12.1 Å². The molecule has 0 aliphatic carbocycles. The smallest absolute Gasteiger partial charge is 0.166 e. The maximum atomic E-state index is 13.4. The van der Waals surface area contributed by atoms with Gasteiger partial charge in [-0.05, 0) is 12.1 Å². The number of nitrogens with two attached hydrogens (primary N) is 1. The van der Waals surface area contributed by atoms with E-state index in [1.54, 1.807) is 25.3 Å². The van der Waals surface area contributed by atoms with Crippen LogP contribution in [0, 0.1) is 5.82 Å². The van der Waals surface area contributed by atoms with E-state index < -0.39 is 5.82 Å². The molecule has 0 radical (unpaired) electrons. The van der Waals surface area contributed by atoms with Crippen molar-refractivity contribution in [1.82, 2.24) is 0 Å². The second-order valence-electron chi connectivity index (χ2n) is 4.15. The Labute approximate surface area is 122 Å². The predicted octanol–water partition coefficient (Wildman–Crippen LogP) is 3.53. The fourth-order valence-electron chi connectivity index (χ4n) is 1.86. The average Bonchev–Trinajstić information content (AvgIpc) is 2.48. The van der Waals surface area contributed by atoms with E-state index in [0.29, 0.717) is 23.6 Å². The number of para-hydroxylation sites is 1. The van der Waals surface area contributed by atoms with Crippen LogP contribution in [0.4, 0.5) is 4.39 Å². The van der Waals surface area contributed by atoms with Gasteiger partial charge in [0.1, 0.15) is 12.4 Å². The van der Waals surface area contributed by atoms with Gasteiger partial charge in [0.15, 0.2) is 11.5 Å². The van der Waals surface area contributed by atoms with Crippen molar-refractivity contribution in [3.8, 4) is 11.5 Å². The molecular formula is C15H15ClFNO2. The number of benzene rings is 2. The van der Waals surface area contributed by atoms with E-state index >= 15 is 0 Å². The zero-order chi connectivity index (χ0) is 14.5. The lowest BCUT2D eigenvalue weighted by Gasteiger charge is -2.14. The minimum Gasteiger partial charge on any atom is -0.493 e. The molecule has 0 heterocycles. The summed E-state index contributed by atoms with van der Waals surface area (Å²) >= 11 is 5.90. The van der Waals surface area contributed by atoms with Crippen LogP contribution < -0.4 is 15.2 Å². The maximum absolute atomic E-state index is 13.4. The fraction of sp³-hybridized carbons (Fsp3) is 0.200. The SMILES string of the molecule is COc1cccc(CN)c1OCc1cccc(F)c1Cl. The van der Waals surface area contributed by atoms with Crippen molar-refractivity contribution in [2.75, 3.05) is 7.11 Å². The van der Waals surface area contributed by atoms with Gasteiger partial charge in [-0.25, -0.2) is 4.39 Å². The molecule has 0 bridgehead atoms. The average molecular weight is 296 g/mol. The topological polar surface area (TPSA) is 44.5 Å². The van der Waals surface area contributed by atoms with Gasteiger partial charge in [0, 0.05) is 17.7 Å². The second kappa shape index (κ2) is 6.59. The standard InChI is InChI=1S/C15H15ClFNO2/c1-19-13-7-3-4-10(8-18)15(13)20-9-11-5-2-6-12(17)14(11)16/h2-7H,8-9,18H2,1H3. The summed E-state index contributed by atoms with van der Waals surface area (Å²) in [5.41, 5.74) is 7.06. The Morgan fingerprint density at radius 1 is 1.15 bits per heavy atom. The molecule has 2 aromatic carbocycles. The third-order valence-corrected chi connectivity index (χ3v) is 3.33. The van der Waals surface area contributed by atoms with Gasteiger partial charge in [-0.1, -0.05) is 35.9 Å². The van der Waals surface area contributed by atoms with Crippen LogP contribution in [0.15, 0.2) is 36.4 Å². The summed E-state index contributed by atoms with van der Waals surface area (Å²) in [6.07, 6.45) is 0. The molecule has 0 saturated carbocycles. The molecular weight excluding hydrogens is 281 g/mol. The van der Waals surface area contributed by atoms with Crippen molar-refractivity contribution in [3.05, 3.63) is 58.4 Å². The zero-order valence-corrected chi connectivity index (χ0v) is 11.8. The predicted molar refractivity (Wildman–Crippen MR) is 76.6 cm³/mol. The monoisotopic (exact) mass is 295 g/mol. The Hall–Kier alpha value is -1.78. The first-order valence-corrected chi connectivity index (χ1v) is 6.46. The highest BCUT2D eigenvalue weighted by atomic mass is 35.5. The lowest BCUT2D eigenvalue weighted by molar-refractivity contribution is 0.281. The Kier molecular flexibility index (Phi) is 4.82. The summed E-state index contributed by atoms with van der Waals surface area (Å²) in [4.78, 5) is 0. The van der Waals surface area contributed by atoms with E-state index in [4.69, 9.17) is 26.8 Å². The molecule has 0 atom stereocenters. The van der Waals surface area contributed by atoms with Crippen LogP contribution in [0.25, 0.3) is 0 Å². The highest BCUT2D eigenvalue weighted by molar-refractivity contribution is 6.31. The number of hydrogen-bond donors (Lipinski definition) is 1. The molecule has 0 unspecified atom stereocenters. The number of halogens is 2. The number of rotatable bonds is 5. The zero-order valence-electron chi connectivity index (χ0n) is 11.0.